The molecule has 0 aromatic carbocycles. The van der Waals surface area contributed by atoms with Crippen LogP contribution in [-0.2, 0) is 4.79 Å². The lowest BCUT2D eigenvalue weighted by atomic mass is 9.87. The SMILES string of the molecule is CC(N)C1CCN(C(=O)CC2CCCCC2)C1.Cl. The van der Waals surface area contributed by atoms with Gasteiger partial charge < -0.3 is 10.6 Å². The number of likely N-dealkylation sites (tertiary alicyclic amines) is 1. The van der Waals surface area contributed by atoms with Gasteiger partial charge in [0.2, 0.25) is 5.91 Å². The third kappa shape index (κ3) is 4.13. The van der Waals surface area contributed by atoms with Crippen LogP contribution in [-0.4, -0.2) is 29.9 Å². The average Bonchev–Trinajstić information content (AvgIpc) is 2.79. The summed E-state index contributed by atoms with van der Waals surface area (Å²) in [6.45, 7) is 3.88. The molecule has 1 saturated heterocycles. The van der Waals surface area contributed by atoms with E-state index in [1.807, 2.05) is 4.90 Å². The number of rotatable bonds is 3. The quantitative estimate of drug-likeness (QED) is 0.860. The van der Waals surface area contributed by atoms with Gasteiger partial charge in [-0.25, -0.2) is 0 Å². The zero-order chi connectivity index (χ0) is 12.3. The van der Waals surface area contributed by atoms with E-state index in [4.69, 9.17) is 5.73 Å². The summed E-state index contributed by atoms with van der Waals surface area (Å²) in [5, 5.41) is 0. The molecule has 0 spiro atoms. The van der Waals surface area contributed by atoms with Crippen molar-refractivity contribution in [2.75, 3.05) is 13.1 Å². The van der Waals surface area contributed by atoms with E-state index < -0.39 is 0 Å². The number of amides is 1. The molecular formula is C14H27ClN2O. The number of nitrogens with zero attached hydrogens (tertiary/aromatic N) is 1. The summed E-state index contributed by atoms with van der Waals surface area (Å²) in [6.07, 6.45) is 8.40. The van der Waals surface area contributed by atoms with Crippen LogP contribution in [0.2, 0.25) is 0 Å². The Hall–Kier alpha value is -0.280. The van der Waals surface area contributed by atoms with Gasteiger partial charge >= 0.3 is 0 Å². The molecule has 1 saturated carbocycles. The maximum atomic E-state index is 12.2. The molecule has 2 atom stereocenters. The summed E-state index contributed by atoms with van der Waals surface area (Å²) < 4.78 is 0. The van der Waals surface area contributed by atoms with E-state index >= 15 is 0 Å². The highest BCUT2D eigenvalue weighted by Crippen LogP contribution is 2.28. The zero-order valence-electron chi connectivity index (χ0n) is 11.4. The lowest BCUT2D eigenvalue weighted by molar-refractivity contribution is -0.131. The van der Waals surface area contributed by atoms with Crippen LogP contribution >= 0.6 is 12.4 Å². The standard InChI is InChI=1S/C14H26N2O.ClH/c1-11(15)13-7-8-16(10-13)14(17)9-12-5-3-2-4-6-12;/h11-13H,2-10,15H2,1H3;1H. The first-order valence-corrected chi connectivity index (χ1v) is 7.20. The molecule has 2 rings (SSSR count). The smallest absolute Gasteiger partial charge is 0.222 e. The minimum absolute atomic E-state index is 0. The summed E-state index contributed by atoms with van der Waals surface area (Å²) >= 11 is 0. The van der Waals surface area contributed by atoms with Crippen molar-refractivity contribution < 1.29 is 4.79 Å². The molecule has 2 aliphatic rings. The minimum Gasteiger partial charge on any atom is -0.342 e. The molecule has 0 radical (unpaired) electrons. The second-order valence-corrected chi connectivity index (χ2v) is 5.96. The maximum Gasteiger partial charge on any atom is 0.222 e. The fraction of sp³-hybridized carbons (Fsp3) is 0.929. The van der Waals surface area contributed by atoms with Crippen LogP contribution in [0.25, 0.3) is 0 Å². The average molecular weight is 275 g/mol. The van der Waals surface area contributed by atoms with E-state index in [1.165, 1.54) is 32.1 Å². The van der Waals surface area contributed by atoms with Gasteiger partial charge in [0.25, 0.3) is 0 Å². The molecular weight excluding hydrogens is 248 g/mol. The molecule has 0 bridgehead atoms. The van der Waals surface area contributed by atoms with Crippen molar-refractivity contribution in [3.8, 4) is 0 Å². The molecule has 106 valence electrons. The number of carbonyl (C=O) groups is 1. The van der Waals surface area contributed by atoms with Gasteiger partial charge in [-0.2, -0.15) is 0 Å². The van der Waals surface area contributed by atoms with Crippen LogP contribution in [0.15, 0.2) is 0 Å². The Morgan fingerprint density at radius 3 is 2.50 bits per heavy atom. The van der Waals surface area contributed by atoms with Gasteiger partial charge in [-0.05, 0) is 38.0 Å². The Morgan fingerprint density at radius 2 is 1.94 bits per heavy atom. The first-order valence-electron chi connectivity index (χ1n) is 7.20. The van der Waals surface area contributed by atoms with Crippen molar-refractivity contribution in [1.29, 1.82) is 0 Å². The fourth-order valence-electron chi connectivity index (χ4n) is 3.21. The normalized spacial score (nSPS) is 26.8. The molecule has 1 aliphatic carbocycles. The summed E-state index contributed by atoms with van der Waals surface area (Å²) in [5.74, 6) is 1.55. The molecule has 2 fully saturated rings. The van der Waals surface area contributed by atoms with Crippen LogP contribution in [0, 0.1) is 11.8 Å². The Kier molecular flexibility index (Phi) is 6.44. The predicted octanol–water partition coefficient (Wildman–Crippen LogP) is 2.57. The second kappa shape index (κ2) is 7.34. The van der Waals surface area contributed by atoms with Gasteiger partial charge in [0.15, 0.2) is 0 Å². The highest BCUT2D eigenvalue weighted by Gasteiger charge is 2.29. The van der Waals surface area contributed by atoms with E-state index in [9.17, 15) is 4.79 Å². The van der Waals surface area contributed by atoms with Gasteiger partial charge in [0, 0.05) is 25.6 Å². The lowest BCUT2D eigenvalue weighted by Gasteiger charge is -2.24. The first kappa shape index (κ1) is 15.8. The largest absolute Gasteiger partial charge is 0.342 e. The summed E-state index contributed by atoms with van der Waals surface area (Å²) in [4.78, 5) is 14.2. The van der Waals surface area contributed by atoms with Crippen LogP contribution in [0.3, 0.4) is 0 Å². The molecule has 2 unspecified atom stereocenters. The van der Waals surface area contributed by atoms with Crippen molar-refractivity contribution in [2.45, 2.75) is 57.9 Å². The second-order valence-electron chi connectivity index (χ2n) is 5.96. The number of hydrogen-bond donors (Lipinski definition) is 1. The summed E-state index contributed by atoms with van der Waals surface area (Å²) in [6, 6.07) is 0.225. The lowest BCUT2D eigenvalue weighted by Crippen LogP contribution is -2.34. The Bertz CT molecular complexity index is 265. The van der Waals surface area contributed by atoms with Crippen LogP contribution in [0.4, 0.5) is 0 Å². The monoisotopic (exact) mass is 274 g/mol. The van der Waals surface area contributed by atoms with Crippen molar-refractivity contribution in [3.63, 3.8) is 0 Å². The predicted molar refractivity (Wildman–Crippen MR) is 76.8 cm³/mol. The van der Waals surface area contributed by atoms with Gasteiger partial charge in [-0.3, -0.25) is 4.79 Å². The van der Waals surface area contributed by atoms with E-state index in [0.717, 1.165) is 25.9 Å². The molecule has 0 aromatic heterocycles. The van der Waals surface area contributed by atoms with Crippen LogP contribution < -0.4 is 5.73 Å². The molecule has 3 nitrogen and oxygen atoms in total. The van der Waals surface area contributed by atoms with Crippen molar-refractivity contribution in [2.24, 2.45) is 17.6 Å². The molecule has 1 heterocycles. The van der Waals surface area contributed by atoms with Crippen LogP contribution in [0.5, 0.6) is 0 Å². The third-order valence-corrected chi connectivity index (χ3v) is 4.51. The summed E-state index contributed by atoms with van der Waals surface area (Å²) in [5.41, 5.74) is 5.91. The van der Waals surface area contributed by atoms with E-state index in [1.54, 1.807) is 0 Å². The number of halogens is 1. The van der Waals surface area contributed by atoms with Gasteiger partial charge in [-0.1, -0.05) is 19.3 Å². The number of hydrogen-bond acceptors (Lipinski definition) is 2. The van der Waals surface area contributed by atoms with Crippen molar-refractivity contribution in [3.05, 3.63) is 0 Å². The topological polar surface area (TPSA) is 46.3 Å². The fourth-order valence-corrected chi connectivity index (χ4v) is 3.21. The van der Waals surface area contributed by atoms with Crippen molar-refractivity contribution in [1.82, 2.24) is 4.90 Å². The summed E-state index contributed by atoms with van der Waals surface area (Å²) in [7, 11) is 0. The molecule has 0 aromatic rings. The zero-order valence-corrected chi connectivity index (χ0v) is 12.3. The van der Waals surface area contributed by atoms with Gasteiger partial charge in [0.1, 0.15) is 0 Å². The van der Waals surface area contributed by atoms with Gasteiger partial charge in [-0.15, -0.1) is 12.4 Å². The van der Waals surface area contributed by atoms with E-state index in [2.05, 4.69) is 6.92 Å². The van der Waals surface area contributed by atoms with E-state index in [-0.39, 0.29) is 18.4 Å². The Morgan fingerprint density at radius 1 is 1.28 bits per heavy atom. The molecule has 1 aliphatic heterocycles. The molecule has 1 amide bonds. The maximum absolute atomic E-state index is 12.2. The van der Waals surface area contributed by atoms with Gasteiger partial charge in [0.05, 0.1) is 0 Å². The number of nitrogens with two attached hydrogens (primary N) is 1. The van der Waals surface area contributed by atoms with E-state index in [0.29, 0.717) is 17.7 Å². The highest BCUT2D eigenvalue weighted by molar-refractivity contribution is 5.85. The Labute approximate surface area is 117 Å². The minimum atomic E-state index is 0. The Balaban J connectivity index is 0.00000162. The molecule has 4 heteroatoms. The third-order valence-electron chi connectivity index (χ3n) is 4.51. The molecule has 18 heavy (non-hydrogen) atoms. The highest BCUT2D eigenvalue weighted by atomic mass is 35.5. The number of carbonyl (C=O) groups excluding carboxylic acids is 1. The van der Waals surface area contributed by atoms with Crippen molar-refractivity contribution >= 4 is 18.3 Å². The first-order chi connectivity index (χ1) is 8.16. The molecule has 2 N–H and O–H groups in total. The van der Waals surface area contributed by atoms with Crippen LogP contribution in [0.1, 0.15) is 51.9 Å².